The van der Waals surface area contributed by atoms with Crippen LogP contribution in [0.5, 0.6) is 0 Å². The van der Waals surface area contributed by atoms with E-state index in [0.717, 1.165) is 23.7 Å². The minimum Gasteiger partial charge on any atom is -0.450 e. The van der Waals surface area contributed by atoms with E-state index >= 15 is 0 Å². The third-order valence-electron chi connectivity index (χ3n) is 2.34. The molecule has 1 radical (unpaired) electrons. The number of hydrogen-bond donors (Lipinski definition) is 3. The minimum absolute atomic E-state index is 0.461. The fourth-order valence-corrected chi connectivity index (χ4v) is 1.52. The van der Waals surface area contributed by atoms with Gasteiger partial charge >= 0.3 is 14.6 Å². The molecule has 0 heterocycles. The number of benzene rings is 2. The zero-order valence-electron chi connectivity index (χ0n) is 7.96. The van der Waals surface area contributed by atoms with Crippen molar-refractivity contribution in [1.82, 2.24) is 0 Å². The van der Waals surface area contributed by atoms with Gasteiger partial charge in [0.25, 0.3) is 0 Å². The lowest BCUT2D eigenvalue weighted by Gasteiger charge is -2.03. The van der Waals surface area contributed by atoms with E-state index in [2.05, 4.69) is 0 Å². The molecule has 0 aromatic heterocycles. The van der Waals surface area contributed by atoms with Crippen molar-refractivity contribution in [3.05, 3.63) is 36.4 Å². The maximum atomic E-state index is 8.99. The van der Waals surface area contributed by atoms with E-state index in [0.29, 0.717) is 5.46 Å². The Bertz CT molecular complexity index is 485. The van der Waals surface area contributed by atoms with Crippen LogP contribution in [-0.4, -0.2) is 29.7 Å². The molecule has 0 aliphatic rings. The Morgan fingerprint density at radius 3 is 2.27 bits per heavy atom. The van der Waals surface area contributed by atoms with E-state index in [9.17, 15) is 0 Å². The summed E-state index contributed by atoms with van der Waals surface area (Å²) in [4.78, 5) is 0. The lowest BCUT2D eigenvalue weighted by Crippen LogP contribution is -2.29. The second-order valence-electron chi connectivity index (χ2n) is 3.37. The van der Waals surface area contributed by atoms with Crippen molar-refractivity contribution in [2.45, 2.75) is 0 Å². The highest BCUT2D eigenvalue weighted by Gasteiger charge is 2.10. The predicted molar refractivity (Wildman–Crippen MR) is 61.4 cm³/mol. The first-order valence-corrected chi connectivity index (χ1v) is 4.58. The fraction of sp³-hybridized carbons (Fsp3) is 0. The van der Waals surface area contributed by atoms with Crippen LogP contribution in [0.15, 0.2) is 36.4 Å². The molecule has 0 aliphatic carbocycles. The van der Waals surface area contributed by atoms with Gasteiger partial charge in [0.2, 0.25) is 0 Å². The molecule has 0 bridgehead atoms. The second kappa shape index (κ2) is 4.06. The van der Waals surface area contributed by atoms with Crippen molar-refractivity contribution in [2.75, 3.05) is 0 Å². The van der Waals surface area contributed by atoms with Gasteiger partial charge in [-0.25, -0.2) is 0 Å². The lowest BCUT2D eigenvalue weighted by atomic mass is 9.78. The number of fused-ring (bicyclic) bond motifs is 1. The summed E-state index contributed by atoms with van der Waals surface area (Å²) in [6, 6.07) is 10.6. The first-order valence-electron chi connectivity index (χ1n) is 4.58. The van der Waals surface area contributed by atoms with Gasteiger partial charge in [-0.05, 0) is 16.2 Å². The molecular formula is C10H9B2O3. The molecule has 0 saturated heterocycles. The van der Waals surface area contributed by atoms with Gasteiger partial charge in [-0.2, -0.15) is 0 Å². The average molecular weight is 199 g/mol. The molecule has 2 aromatic carbocycles. The molecule has 0 spiro atoms. The molecule has 3 nitrogen and oxygen atoms in total. The van der Waals surface area contributed by atoms with Crippen molar-refractivity contribution in [2.24, 2.45) is 0 Å². The Morgan fingerprint density at radius 1 is 0.933 bits per heavy atom. The molecule has 73 valence electrons. The Kier molecular flexibility index (Phi) is 2.77. The molecule has 0 amide bonds. The molecule has 5 heteroatoms. The van der Waals surface area contributed by atoms with E-state index in [-0.39, 0.29) is 0 Å². The van der Waals surface area contributed by atoms with Crippen LogP contribution in [0.2, 0.25) is 0 Å². The van der Waals surface area contributed by atoms with Crippen LogP contribution in [0.25, 0.3) is 10.8 Å². The predicted octanol–water partition coefficient (Wildman–Crippen LogP) is -1.24. The summed E-state index contributed by atoms with van der Waals surface area (Å²) in [6.45, 7) is 0. The maximum Gasteiger partial charge on any atom is 0.488 e. The van der Waals surface area contributed by atoms with Gasteiger partial charge in [0.1, 0.15) is 0 Å². The largest absolute Gasteiger partial charge is 0.488 e. The molecule has 0 aliphatic heterocycles. The van der Waals surface area contributed by atoms with E-state index in [1.54, 1.807) is 24.3 Å². The van der Waals surface area contributed by atoms with Crippen molar-refractivity contribution < 1.29 is 15.1 Å². The van der Waals surface area contributed by atoms with Gasteiger partial charge in [0.15, 0.2) is 0 Å². The zero-order chi connectivity index (χ0) is 10.8. The van der Waals surface area contributed by atoms with Crippen molar-refractivity contribution in [1.29, 1.82) is 0 Å². The monoisotopic (exact) mass is 199 g/mol. The molecule has 0 fully saturated rings. The highest BCUT2D eigenvalue weighted by molar-refractivity contribution is 6.59. The topological polar surface area (TPSA) is 60.7 Å². The molecule has 2 rings (SSSR count). The quantitative estimate of drug-likeness (QED) is 0.529. The standard InChI is InChI=1S/C10H9B2O3/c13-11-9-3-1-8-6-10(12(14)15)4-2-7(8)5-9/h1-6,13-15H. The van der Waals surface area contributed by atoms with E-state index < -0.39 is 7.12 Å². The fourth-order valence-electron chi connectivity index (χ4n) is 1.52. The van der Waals surface area contributed by atoms with E-state index in [4.69, 9.17) is 15.1 Å². The Hall–Kier alpha value is -1.29. The van der Waals surface area contributed by atoms with E-state index in [1.807, 2.05) is 12.1 Å². The van der Waals surface area contributed by atoms with Crippen LogP contribution >= 0.6 is 0 Å². The highest BCUT2D eigenvalue weighted by atomic mass is 16.4. The first-order chi connectivity index (χ1) is 7.20. The molecule has 15 heavy (non-hydrogen) atoms. The summed E-state index contributed by atoms with van der Waals surface area (Å²) in [6.07, 6.45) is 0. The molecule has 0 atom stereocenters. The van der Waals surface area contributed by atoms with Crippen LogP contribution in [0.1, 0.15) is 0 Å². The van der Waals surface area contributed by atoms with Crippen LogP contribution in [0.3, 0.4) is 0 Å². The molecule has 0 saturated carbocycles. The van der Waals surface area contributed by atoms with Crippen molar-refractivity contribution >= 4 is 36.3 Å². The first kappa shape index (κ1) is 10.2. The van der Waals surface area contributed by atoms with Gasteiger partial charge in [-0.1, -0.05) is 41.9 Å². The number of hydrogen-bond acceptors (Lipinski definition) is 3. The Morgan fingerprint density at radius 2 is 1.60 bits per heavy atom. The summed E-state index contributed by atoms with van der Waals surface area (Å²) in [7, 11) is -0.410. The molecular weight excluding hydrogens is 190 g/mol. The zero-order valence-corrected chi connectivity index (χ0v) is 7.96. The van der Waals surface area contributed by atoms with Crippen LogP contribution < -0.4 is 10.9 Å². The second-order valence-corrected chi connectivity index (χ2v) is 3.37. The normalized spacial score (nSPS) is 10.3. The summed E-state index contributed by atoms with van der Waals surface area (Å²) >= 11 is 0. The maximum absolute atomic E-state index is 8.99. The number of rotatable bonds is 2. The van der Waals surface area contributed by atoms with Gasteiger partial charge in [0, 0.05) is 0 Å². The van der Waals surface area contributed by atoms with Gasteiger partial charge < -0.3 is 15.1 Å². The molecule has 3 N–H and O–H groups in total. The van der Waals surface area contributed by atoms with Gasteiger partial charge in [-0.15, -0.1) is 0 Å². The highest BCUT2D eigenvalue weighted by Crippen LogP contribution is 2.10. The van der Waals surface area contributed by atoms with Gasteiger partial charge in [-0.3, -0.25) is 0 Å². The summed E-state index contributed by atoms with van der Waals surface area (Å²) in [5.74, 6) is 0. The van der Waals surface area contributed by atoms with Crippen molar-refractivity contribution in [3.8, 4) is 0 Å². The third kappa shape index (κ3) is 2.04. The average Bonchev–Trinajstić information content (AvgIpc) is 2.27. The Balaban J connectivity index is 2.55. The SMILES string of the molecule is O[B]c1ccc2cc(B(O)O)ccc2c1. The summed E-state index contributed by atoms with van der Waals surface area (Å²) < 4.78 is 0. The summed E-state index contributed by atoms with van der Waals surface area (Å²) in [5.41, 5.74) is 1.18. The molecule has 0 unspecified atom stereocenters. The lowest BCUT2D eigenvalue weighted by molar-refractivity contribution is 0.426. The summed E-state index contributed by atoms with van der Waals surface area (Å²) in [5, 5.41) is 28.7. The minimum atomic E-state index is -1.45. The van der Waals surface area contributed by atoms with Gasteiger partial charge in [0.05, 0.1) is 0 Å². The Labute approximate surface area is 88.4 Å². The van der Waals surface area contributed by atoms with Crippen molar-refractivity contribution in [3.63, 3.8) is 0 Å². The van der Waals surface area contributed by atoms with Crippen LogP contribution in [0.4, 0.5) is 0 Å². The van der Waals surface area contributed by atoms with E-state index in [1.165, 1.54) is 0 Å². The van der Waals surface area contributed by atoms with Crippen LogP contribution in [-0.2, 0) is 0 Å². The third-order valence-corrected chi connectivity index (χ3v) is 2.34. The van der Waals surface area contributed by atoms with Crippen LogP contribution in [0, 0.1) is 0 Å². The smallest absolute Gasteiger partial charge is 0.450 e. The molecule has 2 aromatic rings.